The molecule has 0 N–H and O–H groups in total. The van der Waals surface area contributed by atoms with E-state index in [1.807, 2.05) is 0 Å². The van der Waals surface area contributed by atoms with Gasteiger partial charge in [-0.1, -0.05) is 0 Å². The molecule has 0 saturated carbocycles. The summed E-state index contributed by atoms with van der Waals surface area (Å²) in [6.07, 6.45) is 0. The smallest absolute Gasteiger partial charge is 1.00 e. The van der Waals surface area contributed by atoms with E-state index in [2.05, 4.69) is 0 Å². The first-order valence-corrected chi connectivity index (χ1v) is 3.48. The van der Waals surface area contributed by atoms with Crippen LogP contribution in [0, 0.1) is 0 Å². The number of rotatable bonds is 0. The Morgan fingerprint density at radius 3 is 1.08 bits per heavy atom. The van der Waals surface area contributed by atoms with Gasteiger partial charge in [-0.3, -0.25) is 0 Å². The van der Waals surface area contributed by atoms with Gasteiger partial charge in [-0.15, -0.1) is 12.3 Å². The van der Waals surface area contributed by atoms with Crippen LogP contribution >= 0.6 is 35.3 Å². The van der Waals surface area contributed by atoms with E-state index in [9.17, 15) is 14.4 Å². The van der Waals surface area contributed by atoms with Crippen molar-refractivity contribution in [2.75, 3.05) is 0 Å². The molecule has 0 aliphatic rings. The largest absolute Gasteiger partial charge is 1.00 e. The molecule has 0 aromatic carbocycles. The summed E-state index contributed by atoms with van der Waals surface area (Å²) >= 11 is 15.3. The van der Waals surface area contributed by atoms with Crippen LogP contribution in [0.25, 0.3) is 0 Å². The molecule has 0 spiro atoms. The maximum atomic E-state index is 10.8. The number of hydrogen-bond acceptors (Lipinski definition) is 3. The molecule has 1 aromatic rings. The summed E-state index contributed by atoms with van der Waals surface area (Å²) in [5, 5.41) is 0. The van der Waals surface area contributed by atoms with E-state index in [4.69, 9.17) is 35.3 Å². The first-order valence-electron chi connectivity index (χ1n) is 2.46. The molecule has 13 heavy (non-hydrogen) atoms. The molecule has 68 valence electrons. The van der Waals surface area contributed by atoms with Crippen LogP contribution in [-0.4, -0.2) is 12.3 Å². The quantitative estimate of drug-likeness (QED) is 0.449. The number of hydrogen-bond donors (Lipinski definition) is 0. The van der Waals surface area contributed by atoms with E-state index in [1.165, 1.54) is 0 Å². The van der Waals surface area contributed by atoms with Crippen molar-refractivity contribution >= 4 is 35.3 Å². The zero-order valence-corrected chi connectivity index (χ0v) is 10.5. The van der Waals surface area contributed by atoms with Gasteiger partial charge in [0.05, 0.1) is 0 Å². The predicted octanol–water partition coefficient (Wildman–Crippen LogP) is -3.71. The van der Waals surface area contributed by atoms with Gasteiger partial charge >= 0.3 is 46.6 Å². The topological polar surface area (TPSA) is 66.0 Å². The third-order valence-electron chi connectivity index (χ3n) is 1.01. The van der Waals surface area contributed by atoms with Crippen molar-refractivity contribution in [3.8, 4) is 0 Å². The number of nitrogens with zero attached hydrogens (tertiary/aromatic N) is 3. The molecule has 6 nitrogen and oxygen atoms in total. The predicted molar refractivity (Wildman–Crippen MR) is 44.1 cm³/mol. The average molecular weight is 256 g/mol. The summed E-state index contributed by atoms with van der Waals surface area (Å²) in [6.45, 7) is 0. The van der Waals surface area contributed by atoms with Crippen LogP contribution in [0.1, 0.15) is 1.43 Å². The fraction of sp³-hybridized carbons (Fsp3) is 0. The van der Waals surface area contributed by atoms with Crippen molar-refractivity contribution in [3.63, 3.8) is 0 Å². The van der Waals surface area contributed by atoms with Gasteiger partial charge < -0.3 is 1.43 Å². The second kappa shape index (κ2) is 4.68. The summed E-state index contributed by atoms with van der Waals surface area (Å²) in [5.41, 5.74) is -3.49. The molecule has 0 aliphatic heterocycles. The average Bonchev–Trinajstić information content (AvgIpc) is 2.08. The first-order chi connectivity index (χ1) is 5.46. The molecule has 1 aromatic heterocycles. The van der Waals surface area contributed by atoms with E-state index >= 15 is 0 Å². The van der Waals surface area contributed by atoms with Crippen molar-refractivity contribution in [1.82, 2.24) is 12.3 Å². The van der Waals surface area contributed by atoms with Crippen LogP contribution in [0.3, 0.4) is 0 Å². The summed E-state index contributed by atoms with van der Waals surface area (Å²) in [7, 11) is 0. The van der Waals surface area contributed by atoms with Crippen LogP contribution in [0.15, 0.2) is 14.4 Å². The maximum Gasteiger partial charge on any atom is 1.00 e. The molecule has 0 radical (unpaired) electrons. The van der Waals surface area contributed by atoms with E-state index < -0.39 is 17.1 Å². The van der Waals surface area contributed by atoms with Crippen LogP contribution in [0.2, 0.25) is 0 Å². The number of aromatic nitrogens is 3. The fourth-order valence-electron chi connectivity index (χ4n) is 0.477. The molecular formula is C3HCl3N3NaO3. The van der Waals surface area contributed by atoms with Crippen molar-refractivity contribution < 1.29 is 31.0 Å². The van der Waals surface area contributed by atoms with Crippen LogP contribution in [-0.2, 0) is 0 Å². The van der Waals surface area contributed by atoms with Gasteiger partial charge in [0, 0.05) is 35.3 Å². The van der Waals surface area contributed by atoms with Crippen LogP contribution < -0.4 is 46.6 Å². The Kier molecular flexibility index (Phi) is 4.78. The summed E-state index contributed by atoms with van der Waals surface area (Å²) in [4.78, 5) is 32.3. The Morgan fingerprint density at radius 2 is 0.923 bits per heavy atom. The van der Waals surface area contributed by atoms with Gasteiger partial charge in [-0.25, -0.2) is 14.4 Å². The van der Waals surface area contributed by atoms with Gasteiger partial charge in [0.1, 0.15) is 0 Å². The van der Waals surface area contributed by atoms with E-state index in [0.717, 1.165) is 0 Å². The monoisotopic (exact) mass is 255 g/mol. The molecule has 0 amide bonds. The molecule has 0 fully saturated rings. The van der Waals surface area contributed by atoms with Crippen molar-refractivity contribution in [1.29, 1.82) is 0 Å². The van der Waals surface area contributed by atoms with Crippen molar-refractivity contribution in [2.24, 2.45) is 0 Å². The Labute approximate surface area is 109 Å². The Bertz CT molecular complexity index is 391. The molecule has 10 heteroatoms. The van der Waals surface area contributed by atoms with Crippen LogP contribution in [0.4, 0.5) is 0 Å². The third kappa shape index (κ3) is 2.20. The van der Waals surface area contributed by atoms with Crippen molar-refractivity contribution in [2.45, 2.75) is 0 Å². The Morgan fingerprint density at radius 1 is 0.769 bits per heavy atom. The first kappa shape index (κ1) is 13.3. The second-order valence-electron chi connectivity index (χ2n) is 1.69. The molecular weight excluding hydrogens is 255 g/mol. The second-order valence-corrected chi connectivity index (χ2v) is 2.70. The summed E-state index contributed by atoms with van der Waals surface area (Å²) in [6, 6.07) is 0. The number of halogens is 3. The molecule has 0 bridgehead atoms. The zero-order valence-electron chi connectivity index (χ0n) is 7.20. The zero-order chi connectivity index (χ0) is 9.46. The van der Waals surface area contributed by atoms with Gasteiger partial charge in [0.25, 0.3) is 0 Å². The van der Waals surface area contributed by atoms with Gasteiger partial charge in [-0.05, 0) is 0 Å². The van der Waals surface area contributed by atoms with Gasteiger partial charge in [-0.2, -0.15) is 0 Å². The fourth-order valence-corrected chi connectivity index (χ4v) is 1.05. The summed E-state index contributed by atoms with van der Waals surface area (Å²) < 4.78 is 0.254. The Balaban J connectivity index is 0. The maximum absolute atomic E-state index is 10.8. The molecule has 0 aliphatic carbocycles. The Hall–Kier alpha value is 0.280. The molecule has 0 unspecified atom stereocenters. The molecule has 0 saturated heterocycles. The molecule has 1 heterocycles. The minimum absolute atomic E-state index is 0. The molecule has 0 atom stereocenters. The van der Waals surface area contributed by atoms with Crippen LogP contribution in [0.5, 0.6) is 0 Å². The van der Waals surface area contributed by atoms with Gasteiger partial charge in [0.15, 0.2) is 0 Å². The third-order valence-corrected chi connectivity index (χ3v) is 1.88. The minimum atomic E-state index is -1.16. The van der Waals surface area contributed by atoms with E-state index in [0.29, 0.717) is 0 Å². The minimum Gasteiger partial charge on any atom is -1.00 e. The van der Waals surface area contributed by atoms with Crippen molar-refractivity contribution in [3.05, 3.63) is 31.5 Å². The van der Waals surface area contributed by atoms with E-state index in [-0.39, 0.29) is 43.2 Å². The molecule has 1 rings (SSSR count). The SMILES string of the molecule is O=c1n(Cl)c(=O)n(Cl)c(=O)n1Cl.[H-].[Na+]. The normalized spacial score (nSPS) is 9.46. The standard InChI is InChI=1S/C3Cl3N3O3.Na.H/c4-7-1(10)8(5)3(12)9(6)2(7)11;;/q;+1;-1. The summed E-state index contributed by atoms with van der Waals surface area (Å²) in [5.74, 6) is 0. The van der Waals surface area contributed by atoms with E-state index in [1.54, 1.807) is 0 Å². The van der Waals surface area contributed by atoms with Gasteiger partial charge in [0.2, 0.25) is 0 Å².